The van der Waals surface area contributed by atoms with E-state index in [1.807, 2.05) is 27.7 Å². The molecule has 0 radical (unpaired) electrons. The van der Waals surface area contributed by atoms with Crippen LogP contribution in [0.3, 0.4) is 0 Å². The summed E-state index contributed by atoms with van der Waals surface area (Å²) in [7, 11) is 0. The highest BCUT2D eigenvalue weighted by molar-refractivity contribution is 5.85. The molecule has 2 aliphatic heterocycles. The van der Waals surface area contributed by atoms with E-state index in [9.17, 15) is 9.59 Å². The van der Waals surface area contributed by atoms with Crippen molar-refractivity contribution in [3.05, 3.63) is 0 Å². The first-order valence-electron chi connectivity index (χ1n) is 5.61. The number of fused-ring (bicyclic) bond motifs is 1. The number of hydrogen-bond acceptors (Lipinski definition) is 2. The molecule has 16 heavy (non-hydrogen) atoms. The third-order valence-corrected chi connectivity index (χ3v) is 3.02. The van der Waals surface area contributed by atoms with Gasteiger partial charge in [0.2, 0.25) is 0 Å². The smallest absolute Gasteiger partial charge is 0.314 e. The molecular formula is C10H18N4O2. The average molecular weight is 226 g/mol. The third kappa shape index (κ3) is 1.40. The van der Waals surface area contributed by atoms with Crippen molar-refractivity contribution in [1.82, 2.24) is 20.4 Å². The van der Waals surface area contributed by atoms with Gasteiger partial charge in [0, 0.05) is 12.1 Å². The Hall–Kier alpha value is -1.46. The Kier molecular flexibility index (Phi) is 2.44. The Balaban J connectivity index is 2.25. The predicted octanol–water partition coefficient (Wildman–Crippen LogP) is 0.506. The average Bonchev–Trinajstić information content (AvgIpc) is 2.55. The van der Waals surface area contributed by atoms with Gasteiger partial charge in [0.25, 0.3) is 0 Å². The zero-order valence-electron chi connectivity index (χ0n) is 10.0. The largest absolute Gasteiger partial charge is 0.321 e. The van der Waals surface area contributed by atoms with E-state index in [4.69, 9.17) is 0 Å². The maximum absolute atomic E-state index is 11.7. The Morgan fingerprint density at radius 1 is 0.875 bits per heavy atom. The molecule has 2 atom stereocenters. The molecule has 2 rings (SSSR count). The highest BCUT2D eigenvalue weighted by Crippen LogP contribution is 2.24. The van der Waals surface area contributed by atoms with Crippen LogP contribution in [0.25, 0.3) is 0 Å². The van der Waals surface area contributed by atoms with Gasteiger partial charge in [-0.15, -0.1) is 0 Å². The Bertz CT molecular complexity index is 297. The second-order valence-electron chi connectivity index (χ2n) is 4.79. The maximum atomic E-state index is 11.7. The fraction of sp³-hybridized carbons (Fsp3) is 0.800. The molecule has 2 heterocycles. The van der Waals surface area contributed by atoms with E-state index in [1.165, 1.54) is 0 Å². The minimum Gasteiger partial charge on any atom is -0.314 e. The van der Waals surface area contributed by atoms with Crippen molar-refractivity contribution in [2.75, 3.05) is 0 Å². The van der Waals surface area contributed by atoms with Crippen molar-refractivity contribution >= 4 is 12.1 Å². The van der Waals surface area contributed by atoms with Gasteiger partial charge >= 0.3 is 12.1 Å². The molecule has 0 aromatic carbocycles. The van der Waals surface area contributed by atoms with Crippen LogP contribution in [0.2, 0.25) is 0 Å². The second-order valence-corrected chi connectivity index (χ2v) is 4.79. The Labute approximate surface area is 95.0 Å². The quantitative estimate of drug-likeness (QED) is 0.720. The van der Waals surface area contributed by atoms with Crippen LogP contribution >= 0.6 is 0 Å². The molecule has 0 aromatic heterocycles. The molecular weight excluding hydrogens is 208 g/mol. The molecule has 0 unspecified atom stereocenters. The zero-order chi connectivity index (χ0) is 12.0. The summed E-state index contributed by atoms with van der Waals surface area (Å²) in [6.07, 6.45) is -0.496. The van der Waals surface area contributed by atoms with E-state index in [-0.39, 0.29) is 36.5 Å². The fourth-order valence-electron chi connectivity index (χ4n) is 2.37. The molecule has 6 nitrogen and oxygen atoms in total. The minimum atomic E-state index is -0.248. The lowest BCUT2D eigenvalue weighted by molar-refractivity contribution is 0.166. The number of urea groups is 2. The van der Waals surface area contributed by atoms with Crippen molar-refractivity contribution < 1.29 is 9.59 Å². The maximum Gasteiger partial charge on any atom is 0.321 e. The standard InChI is InChI=1S/C10H18N4O2/c1-5(2)13-7-8(12-9(13)15)14(6(3)4)10(16)11-7/h5-8H,1-4H3,(H,11,16)(H,12,15)/t7-,8-/m1/s1. The Morgan fingerprint density at radius 3 is 1.44 bits per heavy atom. The molecule has 90 valence electrons. The van der Waals surface area contributed by atoms with Crippen molar-refractivity contribution in [2.45, 2.75) is 52.1 Å². The summed E-state index contributed by atoms with van der Waals surface area (Å²) in [6, 6.07) is -0.0869. The monoisotopic (exact) mass is 226 g/mol. The van der Waals surface area contributed by atoms with E-state index in [0.29, 0.717) is 0 Å². The first-order chi connectivity index (χ1) is 7.43. The van der Waals surface area contributed by atoms with Gasteiger partial charge in [-0.2, -0.15) is 0 Å². The minimum absolute atomic E-state index is 0.0717. The number of amides is 4. The number of nitrogens with zero attached hydrogens (tertiary/aromatic N) is 2. The number of rotatable bonds is 2. The first kappa shape index (κ1) is 11.0. The van der Waals surface area contributed by atoms with Gasteiger partial charge in [-0.3, -0.25) is 9.80 Å². The van der Waals surface area contributed by atoms with Gasteiger partial charge < -0.3 is 10.6 Å². The summed E-state index contributed by atoms with van der Waals surface area (Å²) in [6.45, 7) is 7.75. The summed E-state index contributed by atoms with van der Waals surface area (Å²) >= 11 is 0. The third-order valence-electron chi connectivity index (χ3n) is 3.02. The lowest BCUT2D eigenvalue weighted by Crippen LogP contribution is -2.46. The topological polar surface area (TPSA) is 64.7 Å². The van der Waals surface area contributed by atoms with Crippen LogP contribution in [0, 0.1) is 0 Å². The highest BCUT2D eigenvalue weighted by Gasteiger charge is 2.51. The van der Waals surface area contributed by atoms with Gasteiger partial charge in [-0.05, 0) is 27.7 Å². The molecule has 2 N–H and O–H groups in total. The normalized spacial score (nSPS) is 28.9. The van der Waals surface area contributed by atoms with E-state index in [2.05, 4.69) is 10.6 Å². The summed E-state index contributed by atoms with van der Waals surface area (Å²) in [5, 5.41) is 5.68. The van der Waals surface area contributed by atoms with E-state index in [0.717, 1.165) is 0 Å². The van der Waals surface area contributed by atoms with Gasteiger partial charge in [-0.1, -0.05) is 0 Å². The lowest BCUT2D eigenvalue weighted by Gasteiger charge is -2.26. The number of nitrogens with one attached hydrogen (secondary N) is 2. The van der Waals surface area contributed by atoms with Crippen LogP contribution in [-0.4, -0.2) is 46.3 Å². The molecule has 0 bridgehead atoms. The fourth-order valence-corrected chi connectivity index (χ4v) is 2.37. The summed E-state index contributed by atoms with van der Waals surface area (Å²) < 4.78 is 0. The second kappa shape index (κ2) is 3.54. The number of hydrogen-bond donors (Lipinski definition) is 2. The van der Waals surface area contributed by atoms with Gasteiger partial charge in [0.15, 0.2) is 0 Å². The van der Waals surface area contributed by atoms with E-state index >= 15 is 0 Å². The lowest BCUT2D eigenvalue weighted by atomic mass is 10.2. The molecule has 0 aromatic rings. The first-order valence-corrected chi connectivity index (χ1v) is 5.61. The molecule has 2 saturated heterocycles. The van der Waals surface area contributed by atoms with Crippen molar-refractivity contribution in [3.63, 3.8) is 0 Å². The molecule has 2 fully saturated rings. The zero-order valence-corrected chi connectivity index (χ0v) is 10.0. The van der Waals surface area contributed by atoms with Crippen LogP contribution in [0.4, 0.5) is 9.59 Å². The Morgan fingerprint density at radius 2 is 1.19 bits per heavy atom. The number of carbonyl (C=O) groups excluding carboxylic acids is 2. The van der Waals surface area contributed by atoms with Crippen LogP contribution in [0.5, 0.6) is 0 Å². The van der Waals surface area contributed by atoms with Crippen LogP contribution in [0.1, 0.15) is 27.7 Å². The van der Waals surface area contributed by atoms with Crippen LogP contribution in [-0.2, 0) is 0 Å². The molecule has 2 aliphatic rings. The predicted molar refractivity (Wildman–Crippen MR) is 58.6 cm³/mol. The van der Waals surface area contributed by atoms with Gasteiger partial charge in [-0.25, -0.2) is 9.59 Å². The highest BCUT2D eigenvalue weighted by atomic mass is 16.2. The molecule has 6 heteroatoms. The summed E-state index contributed by atoms with van der Waals surface area (Å²) in [5.41, 5.74) is 0. The SMILES string of the molecule is CC(C)N1C(=O)N[C@H]2[C@@H]1NC(=O)N2C(C)C. The summed E-state index contributed by atoms with van der Waals surface area (Å²) in [4.78, 5) is 26.8. The van der Waals surface area contributed by atoms with Crippen LogP contribution in [0.15, 0.2) is 0 Å². The summed E-state index contributed by atoms with van der Waals surface area (Å²) in [5.74, 6) is 0. The van der Waals surface area contributed by atoms with E-state index in [1.54, 1.807) is 9.80 Å². The molecule has 0 aliphatic carbocycles. The van der Waals surface area contributed by atoms with Crippen molar-refractivity contribution in [2.24, 2.45) is 0 Å². The van der Waals surface area contributed by atoms with Crippen molar-refractivity contribution in [3.8, 4) is 0 Å². The molecule has 4 amide bonds. The molecule has 0 spiro atoms. The number of carbonyl (C=O) groups is 2. The van der Waals surface area contributed by atoms with Gasteiger partial charge in [0.05, 0.1) is 0 Å². The molecule has 0 saturated carbocycles. The van der Waals surface area contributed by atoms with E-state index < -0.39 is 0 Å². The van der Waals surface area contributed by atoms with Gasteiger partial charge in [0.1, 0.15) is 12.3 Å². The van der Waals surface area contributed by atoms with Crippen LogP contribution < -0.4 is 10.6 Å². The van der Waals surface area contributed by atoms with Crippen molar-refractivity contribution in [1.29, 1.82) is 0 Å².